The van der Waals surface area contributed by atoms with Gasteiger partial charge < -0.3 is 10.1 Å². The van der Waals surface area contributed by atoms with E-state index in [-0.39, 0.29) is 18.9 Å². The van der Waals surface area contributed by atoms with Crippen LogP contribution in [0.1, 0.15) is 43.7 Å². The van der Waals surface area contributed by atoms with Crippen molar-refractivity contribution in [3.63, 3.8) is 0 Å². The molecular weight excluding hydrogens is 438 g/mol. The first-order chi connectivity index (χ1) is 15.9. The standard InChI is InChI=1S/C25H35N3O4S/c1-3-32-24-14-12-23(13-15-24)28(33(2,30)31)18-8-11-25(29)26-19-21-9-4-5-10-22(21)20-27-16-6-7-17-27/h4-5,9-10,12-15H,3,6-8,11,16-20H2,1-2H3,(H,26,29). The van der Waals surface area contributed by atoms with Crippen LogP contribution >= 0.6 is 0 Å². The Kier molecular flexibility index (Phi) is 9.14. The number of hydrogen-bond donors (Lipinski definition) is 1. The number of sulfonamides is 1. The highest BCUT2D eigenvalue weighted by Gasteiger charge is 2.18. The monoisotopic (exact) mass is 473 g/mol. The SMILES string of the molecule is CCOc1ccc(N(CCCC(=O)NCc2ccccc2CN2CCCC2)S(C)(=O)=O)cc1. The van der Waals surface area contributed by atoms with Gasteiger partial charge in [-0.25, -0.2) is 8.42 Å². The second kappa shape index (κ2) is 12.0. The van der Waals surface area contributed by atoms with Crippen LogP contribution in [-0.4, -0.2) is 51.7 Å². The van der Waals surface area contributed by atoms with Gasteiger partial charge in [0.1, 0.15) is 5.75 Å². The van der Waals surface area contributed by atoms with Crippen LogP contribution in [-0.2, 0) is 27.9 Å². The highest BCUT2D eigenvalue weighted by atomic mass is 32.2. The van der Waals surface area contributed by atoms with Gasteiger partial charge in [-0.2, -0.15) is 0 Å². The van der Waals surface area contributed by atoms with Crippen LogP contribution < -0.4 is 14.4 Å². The number of rotatable bonds is 12. The Morgan fingerprint density at radius 3 is 2.36 bits per heavy atom. The van der Waals surface area contributed by atoms with Crippen LogP contribution in [0.4, 0.5) is 5.69 Å². The third-order valence-corrected chi connectivity index (χ3v) is 6.98. The molecule has 0 saturated carbocycles. The number of carbonyl (C=O) groups is 1. The zero-order valence-corrected chi connectivity index (χ0v) is 20.4. The van der Waals surface area contributed by atoms with Crippen molar-refractivity contribution in [3.8, 4) is 5.75 Å². The molecule has 8 heteroatoms. The molecule has 0 aromatic heterocycles. The van der Waals surface area contributed by atoms with Crippen LogP contribution in [0.5, 0.6) is 5.75 Å². The summed E-state index contributed by atoms with van der Waals surface area (Å²) in [4.78, 5) is 14.9. The molecular formula is C25H35N3O4S. The zero-order valence-electron chi connectivity index (χ0n) is 19.6. The van der Waals surface area contributed by atoms with Crippen LogP contribution in [0.25, 0.3) is 0 Å². The number of nitrogens with zero attached hydrogens (tertiary/aromatic N) is 2. The summed E-state index contributed by atoms with van der Waals surface area (Å²) in [6.45, 7) is 6.35. The van der Waals surface area contributed by atoms with Crippen LogP contribution in [0.15, 0.2) is 48.5 Å². The first-order valence-electron chi connectivity index (χ1n) is 11.6. The van der Waals surface area contributed by atoms with E-state index < -0.39 is 10.0 Å². The lowest BCUT2D eigenvalue weighted by atomic mass is 10.1. The highest BCUT2D eigenvalue weighted by Crippen LogP contribution is 2.22. The van der Waals surface area contributed by atoms with Gasteiger partial charge in [0.25, 0.3) is 0 Å². The molecule has 180 valence electrons. The van der Waals surface area contributed by atoms with E-state index in [9.17, 15) is 13.2 Å². The van der Waals surface area contributed by atoms with E-state index in [0.29, 0.717) is 31.0 Å². The Bertz CT molecular complexity index is 1000. The molecule has 0 spiro atoms. The number of nitrogens with one attached hydrogen (secondary N) is 1. The number of likely N-dealkylation sites (tertiary alicyclic amines) is 1. The minimum Gasteiger partial charge on any atom is -0.494 e. The molecule has 0 unspecified atom stereocenters. The topological polar surface area (TPSA) is 79.0 Å². The number of amides is 1. The van der Waals surface area contributed by atoms with E-state index in [1.54, 1.807) is 24.3 Å². The summed E-state index contributed by atoms with van der Waals surface area (Å²) in [6, 6.07) is 15.2. The van der Waals surface area contributed by atoms with E-state index in [4.69, 9.17) is 4.74 Å². The number of carbonyl (C=O) groups excluding carboxylic acids is 1. The summed E-state index contributed by atoms with van der Waals surface area (Å²) in [5, 5.41) is 3.00. The fourth-order valence-electron chi connectivity index (χ4n) is 4.09. The molecule has 2 aromatic rings. The summed E-state index contributed by atoms with van der Waals surface area (Å²) < 4.78 is 31.4. The van der Waals surface area contributed by atoms with Crippen molar-refractivity contribution in [1.82, 2.24) is 10.2 Å². The summed E-state index contributed by atoms with van der Waals surface area (Å²) in [5.74, 6) is 0.616. The van der Waals surface area contributed by atoms with Crippen molar-refractivity contribution in [3.05, 3.63) is 59.7 Å². The van der Waals surface area contributed by atoms with Gasteiger partial charge in [-0.15, -0.1) is 0 Å². The van der Waals surface area contributed by atoms with Crippen molar-refractivity contribution in [2.75, 3.05) is 36.8 Å². The van der Waals surface area contributed by atoms with Crippen LogP contribution in [0.3, 0.4) is 0 Å². The van der Waals surface area contributed by atoms with Crippen molar-refractivity contribution < 1.29 is 17.9 Å². The Labute approximate surface area is 197 Å². The highest BCUT2D eigenvalue weighted by molar-refractivity contribution is 7.92. The molecule has 0 radical (unpaired) electrons. The Hall–Kier alpha value is -2.58. The fraction of sp³-hybridized carbons (Fsp3) is 0.480. The number of hydrogen-bond acceptors (Lipinski definition) is 5. The number of anilines is 1. The van der Waals surface area contributed by atoms with E-state index in [0.717, 1.165) is 25.2 Å². The summed E-state index contributed by atoms with van der Waals surface area (Å²) in [7, 11) is -3.46. The maximum atomic E-state index is 12.5. The first-order valence-corrected chi connectivity index (χ1v) is 13.5. The van der Waals surface area contributed by atoms with Gasteiger partial charge in [0.15, 0.2) is 0 Å². The molecule has 0 bridgehead atoms. The van der Waals surface area contributed by atoms with E-state index in [1.807, 2.05) is 19.1 Å². The summed E-state index contributed by atoms with van der Waals surface area (Å²) >= 11 is 0. The van der Waals surface area contributed by atoms with Gasteiger partial charge in [-0.1, -0.05) is 24.3 Å². The first kappa shape index (κ1) is 25.1. The molecule has 2 aromatic carbocycles. The van der Waals surface area contributed by atoms with E-state index in [1.165, 1.54) is 29.0 Å². The van der Waals surface area contributed by atoms with Gasteiger partial charge in [0.2, 0.25) is 15.9 Å². The molecule has 1 heterocycles. The van der Waals surface area contributed by atoms with Gasteiger partial charge >= 0.3 is 0 Å². The summed E-state index contributed by atoms with van der Waals surface area (Å²) in [5.41, 5.74) is 2.94. The summed E-state index contributed by atoms with van der Waals surface area (Å²) in [6.07, 6.45) is 4.37. The molecule has 1 aliphatic rings. The second-order valence-electron chi connectivity index (χ2n) is 8.39. The lowest BCUT2D eigenvalue weighted by Gasteiger charge is -2.22. The molecule has 0 aliphatic carbocycles. The van der Waals surface area contributed by atoms with E-state index in [2.05, 4.69) is 22.3 Å². The molecule has 1 N–H and O–H groups in total. The normalized spacial score (nSPS) is 14.2. The average Bonchev–Trinajstić information content (AvgIpc) is 3.29. The van der Waals surface area contributed by atoms with Crippen LogP contribution in [0, 0.1) is 0 Å². The lowest BCUT2D eigenvalue weighted by molar-refractivity contribution is -0.121. The van der Waals surface area contributed by atoms with Crippen molar-refractivity contribution >= 4 is 21.6 Å². The van der Waals surface area contributed by atoms with Gasteiger partial charge in [-0.3, -0.25) is 14.0 Å². The molecule has 33 heavy (non-hydrogen) atoms. The predicted molar refractivity (Wildman–Crippen MR) is 132 cm³/mol. The Balaban J connectivity index is 1.50. The molecule has 1 amide bonds. The van der Waals surface area contributed by atoms with Crippen molar-refractivity contribution in [2.45, 2.75) is 45.7 Å². The number of ether oxygens (including phenoxy) is 1. The van der Waals surface area contributed by atoms with Crippen molar-refractivity contribution in [1.29, 1.82) is 0 Å². The number of benzene rings is 2. The second-order valence-corrected chi connectivity index (χ2v) is 10.3. The van der Waals surface area contributed by atoms with Gasteiger partial charge in [0.05, 0.1) is 18.6 Å². The maximum absolute atomic E-state index is 12.5. The largest absolute Gasteiger partial charge is 0.494 e. The smallest absolute Gasteiger partial charge is 0.232 e. The average molecular weight is 474 g/mol. The van der Waals surface area contributed by atoms with Gasteiger partial charge in [-0.05, 0) is 74.7 Å². The lowest BCUT2D eigenvalue weighted by Crippen LogP contribution is -2.32. The van der Waals surface area contributed by atoms with Gasteiger partial charge in [0, 0.05) is 26.1 Å². The molecule has 0 atom stereocenters. The minimum absolute atomic E-state index is 0.0777. The quantitative estimate of drug-likeness (QED) is 0.510. The maximum Gasteiger partial charge on any atom is 0.232 e. The third kappa shape index (κ3) is 7.75. The molecule has 1 saturated heterocycles. The zero-order chi connectivity index (χ0) is 23.7. The van der Waals surface area contributed by atoms with E-state index >= 15 is 0 Å². The molecule has 1 fully saturated rings. The fourth-order valence-corrected chi connectivity index (χ4v) is 5.06. The predicted octanol–water partition coefficient (Wildman–Crippen LogP) is 3.54. The van der Waals surface area contributed by atoms with Crippen LogP contribution in [0.2, 0.25) is 0 Å². The molecule has 7 nitrogen and oxygen atoms in total. The minimum atomic E-state index is -3.46. The Morgan fingerprint density at radius 1 is 1.06 bits per heavy atom. The molecule has 1 aliphatic heterocycles. The Morgan fingerprint density at radius 2 is 1.73 bits per heavy atom. The molecule has 3 rings (SSSR count). The van der Waals surface area contributed by atoms with Crippen molar-refractivity contribution in [2.24, 2.45) is 0 Å². The third-order valence-electron chi connectivity index (χ3n) is 5.79.